The maximum atomic E-state index is 14.6. The minimum Gasteiger partial charge on any atom is -0.396 e. The smallest absolute Gasteiger partial charge is 0.396 e. The summed E-state index contributed by atoms with van der Waals surface area (Å²) >= 11 is 9.53. The molecule has 0 atom stereocenters. The Morgan fingerprint density at radius 2 is 2.05 bits per heavy atom. The molecular formula is C15H9BBrClF2N2. The second-order valence-electron chi connectivity index (χ2n) is 5.22. The van der Waals surface area contributed by atoms with Crippen molar-refractivity contribution in [3.05, 3.63) is 75.1 Å². The number of hydrogen-bond acceptors (Lipinski definition) is 0. The molecule has 0 saturated heterocycles. The van der Waals surface area contributed by atoms with Crippen LogP contribution in [0.4, 0.5) is 8.63 Å². The fraction of sp³-hybridized carbons (Fsp3) is 0. The Kier molecular flexibility index (Phi) is 2.96. The molecule has 0 bridgehead atoms. The molecule has 1 aromatic carbocycles. The van der Waals surface area contributed by atoms with Crippen molar-refractivity contribution >= 4 is 46.3 Å². The van der Waals surface area contributed by atoms with E-state index >= 15 is 0 Å². The quantitative estimate of drug-likeness (QED) is 0.641. The standard InChI is InChI=1S/C15H9BBrClF2N2/c17-11-7-10(8-12(18)9-11)15-13-3-1-5-21(13)16(19,20)22-6-2-4-14(15)22/h1-9H. The van der Waals surface area contributed by atoms with Gasteiger partial charge in [-0.2, -0.15) is 0 Å². The lowest BCUT2D eigenvalue weighted by molar-refractivity contribution is -0.356. The monoisotopic (exact) mass is 380 g/mol. The molecule has 0 amide bonds. The number of benzene rings is 1. The third-order valence-corrected chi connectivity index (χ3v) is 4.57. The third kappa shape index (κ3) is 1.87. The zero-order valence-corrected chi connectivity index (χ0v) is 13.5. The summed E-state index contributed by atoms with van der Waals surface area (Å²) in [6.45, 7) is -3.86. The average molecular weight is 381 g/mol. The van der Waals surface area contributed by atoms with E-state index in [-0.39, 0.29) is 0 Å². The summed E-state index contributed by atoms with van der Waals surface area (Å²) in [4.78, 5) is 0. The highest BCUT2D eigenvalue weighted by atomic mass is 79.9. The molecule has 4 rings (SSSR count). The summed E-state index contributed by atoms with van der Waals surface area (Å²) in [7, 11) is 0. The fourth-order valence-corrected chi connectivity index (χ4v) is 3.87. The van der Waals surface area contributed by atoms with Gasteiger partial charge in [0.2, 0.25) is 0 Å². The Hall–Kier alpha value is -1.66. The number of fused-ring (bicyclic) bond motifs is 2. The van der Waals surface area contributed by atoms with E-state index in [1.54, 1.807) is 36.4 Å². The summed E-state index contributed by atoms with van der Waals surface area (Å²) in [5.41, 5.74) is 2.52. The van der Waals surface area contributed by atoms with Crippen LogP contribution in [-0.2, 0) is 0 Å². The van der Waals surface area contributed by atoms with Crippen LogP contribution < -0.4 is 0 Å². The van der Waals surface area contributed by atoms with Crippen LogP contribution in [0.5, 0.6) is 0 Å². The highest BCUT2D eigenvalue weighted by Crippen LogP contribution is 2.39. The molecule has 7 heteroatoms. The molecule has 0 aliphatic carbocycles. The van der Waals surface area contributed by atoms with Crippen LogP contribution in [0.1, 0.15) is 11.3 Å². The van der Waals surface area contributed by atoms with Crippen molar-refractivity contribution in [1.82, 2.24) is 4.48 Å². The van der Waals surface area contributed by atoms with Crippen LogP contribution in [-0.4, -0.2) is 22.1 Å². The lowest BCUT2D eigenvalue weighted by atomic mass is 9.86. The Balaban J connectivity index is 2.06. The summed E-state index contributed by atoms with van der Waals surface area (Å²) in [5, 5.41) is 0.552. The fourth-order valence-electron chi connectivity index (χ4n) is 3.01. The van der Waals surface area contributed by atoms with Crippen LogP contribution in [0.2, 0.25) is 5.02 Å². The SMILES string of the molecule is F[B-]1(F)n2cccc2C(c2cc(Cl)cc(Br)c2)=C2C=CC=[N+]21. The van der Waals surface area contributed by atoms with Gasteiger partial charge in [-0.3, -0.25) is 0 Å². The molecule has 1 aromatic heterocycles. The lowest BCUT2D eigenvalue weighted by Gasteiger charge is -2.31. The normalized spacial score (nSPS) is 18.3. The van der Waals surface area contributed by atoms with Crippen LogP contribution in [0, 0.1) is 0 Å². The number of hydrogen-bond donors (Lipinski definition) is 0. The van der Waals surface area contributed by atoms with Gasteiger partial charge in [-0.1, -0.05) is 27.5 Å². The van der Waals surface area contributed by atoms with Gasteiger partial charge in [-0.25, -0.2) is 0 Å². The highest BCUT2D eigenvalue weighted by Gasteiger charge is 2.51. The molecule has 0 N–H and O–H groups in total. The summed E-state index contributed by atoms with van der Waals surface area (Å²) in [5.74, 6) is 0. The average Bonchev–Trinajstić information content (AvgIpc) is 3.06. The zero-order chi connectivity index (χ0) is 15.5. The van der Waals surface area contributed by atoms with Crippen LogP contribution >= 0.6 is 27.5 Å². The zero-order valence-electron chi connectivity index (χ0n) is 11.2. The molecule has 0 saturated carbocycles. The largest absolute Gasteiger partial charge is 0.737 e. The van der Waals surface area contributed by atoms with Gasteiger partial charge in [0.25, 0.3) is 0 Å². The second-order valence-corrected chi connectivity index (χ2v) is 6.57. The topological polar surface area (TPSA) is 7.94 Å². The van der Waals surface area contributed by atoms with E-state index in [9.17, 15) is 8.63 Å². The molecule has 0 spiro atoms. The maximum absolute atomic E-state index is 14.6. The summed E-state index contributed by atoms with van der Waals surface area (Å²) < 4.78 is 32.2. The van der Waals surface area contributed by atoms with Gasteiger partial charge in [0.1, 0.15) is 6.21 Å². The van der Waals surface area contributed by atoms with Crippen molar-refractivity contribution in [2.75, 3.05) is 0 Å². The van der Waals surface area contributed by atoms with E-state index in [4.69, 9.17) is 11.6 Å². The Bertz CT molecular complexity index is 878. The van der Waals surface area contributed by atoms with Crippen molar-refractivity contribution in [2.24, 2.45) is 0 Å². The Morgan fingerprint density at radius 1 is 1.23 bits per heavy atom. The second kappa shape index (κ2) is 4.67. The molecule has 2 aliphatic heterocycles. The van der Waals surface area contributed by atoms with Crippen molar-refractivity contribution in [1.29, 1.82) is 0 Å². The van der Waals surface area contributed by atoms with E-state index in [1.807, 2.05) is 6.07 Å². The first-order chi connectivity index (χ1) is 10.5. The number of nitrogens with zero attached hydrogens (tertiary/aromatic N) is 2. The molecule has 110 valence electrons. The first-order valence-electron chi connectivity index (χ1n) is 6.69. The van der Waals surface area contributed by atoms with Crippen molar-refractivity contribution in [3.63, 3.8) is 0 Å². The third-order valence-electron chi connectivity index (χ3n) is 3.89. The van der Waals surface area contributed by atoms with Crippen LogP contribution in [0.25, 0.3) is 5.57 Å². The maximum Gasteiger partial charge on any atom is 0.737 e. The predicted molar refractivity (Wildman–Crippen MR) is 88.4 cm³/mol. The molecule has 22 heavy (non-hydrogen) atoms. The van der Waals surface area contributed by atoms with Crippen molar-refractivity contribution in [3.8, 4) is 0 Å². The Morgan fingerprint density at radius 3 is 2.82 bits per heavy atom. The first-order valence-corrected chi connectivity index (χ1v) is 7.86. The minimum atomic E-state index is -3.86. The molecule has 2 aliphatic rings. The minimum absolute atomic E-state index is 0.491. The number of allylic oxidation sites excluding steroid dienone is 2. The van der Waals surface area contributed by atoms with E-state index in [1.165, 1.54) is 12.4 Å². The van der Waals surface area contributed by atoms with Gasteiger partial charge in [0, 0.05) is 27.3 Å². The number of halogens is 4. The van der Waals surface area contributed by atoms with E-state index in [0.717, 1.165) is 24.6 Å². The molecule has 3 heterocycles. The van der Waals surface area contributed by atoms with Gasteiger partial charge >= 0.3 is 6.97 Å². The molecular weight excluding hydrogens is 372 g/mol. The number of aromatic nitrogens is 1. The summed E-state index contributed by atoms with van der Waals surface area (Å²) in [6, 6.07) is 8.78. The molecule has 0 unspecified atom stereocenters. The van der Waals surface area contributed by atoms with Crippen molar-refractivity contribution in [2.45, 2.75) is 0 Å². The van der Waals surface area contributed by atoms with E-state index in [0.29, 0.717) is 16.4 Å². The van der Waals surface area contributed by atoms with Crippen LogP contribution in [0.3, 0.4) is 0 Å². The molecule has 2 nitrogen and oxygen atoms in total. The van der Waals surface area contributed by atoms with Gasteiger partial charge < -0.3 is 17.6 Å². The number of rotatable bonds is 1. The van der Waals surface area contributed by atoms with Gasteiger partial charge in [0.15, 0.2) is 5.70 Å². The summed E-state index contributed by atoms with van der Waals surface area (Å²) in [6.07, 6.45) is 6.17. The van der Waals surface area contributed by atoms with Gasteiger partial charge in [-0.15, -0.1) is 0 Å². The van der Waals surface area contributed by atoms with Gasteiger partial charge in [-0.05, 0) is 42.1 Å². The Labute approximate surface area is 139 Å². The van der Waals surface area contributed by atoms with Crippen molar-refractivity contribution < 1.29 is 13.1 Å². The lowest BCUT2D eigenvalue weighted by Crippen LogP contribution is -2.49. The van der Waals surface area contributed by atoms with E-state index < -0.39 is 6.97 Å². The molecule has 0 fully saturated rings. The van der Waals surface area contributed by atoms with Gasteiger partial charge in [0.05, 0.1) is 5.57 Å². The van der Waals surface area contributed by atoms with E-state index in [2.05, 4.69) is 15.9 Å². The first kappa shape index (κ1) is 14.0. The molecule has 0 radical (unpaired) electrons. The predicted octanol–water partition coefficient (Wildman–Crippen LogP) is 4.55. The highest BCUT2D eigenvalue weighted by molar-refractivity contribution is 9.10. The van der Waals surface area contributed by atoms with Crippen LogP contribution in [0.15, 0.2) is 58.9 Å². The molecule has 2 aromatic rings.